The van der Waals surface area contributed by atoms with Gasteiger partial charge < -0.3 is 15.5 Å². The Balaban J connectivity index is 1.97. The molecule has 1 aliphatic heterocycles. The van der Waals surface area contributed by atoms with E-state index in [9.17, 15) is 4.79 Å². The predicted molar refractivity (Wildman–Crippen MR) is 90.3 cm³/mol. The standard InChI is InChI=1S/C16H23N3OS/c1-12(2)14(15(17)21)16(20)19-10-8-18(9-11-19)13-6-4-3-5-7-13/h3-7,12,14H,8-11H2,1-2H3,(H2,17,21). The lowest BCUT2D eigenvalue weighted by atomic mass is 9.94. The SMILES string of the molecule is CC(C)C(C(=O)N1CCN(c2ccccc2)CC1)C(N)=S. The molecule has 0 spiro atoms. The van der Waals surface area contributed by atoms with Gasteiger partial charge in [-0.2, -0.15) is 0 Å². The molecule has 2 rings (SSSR count). The van der Waals surface area contributed by atoms with Crippen molar-refractivity contribution in [3.63, 3.8) is 0 Å². The third-order valence-electron chi connectivity index (χ3n) is 3.95. The molecule has 1 aromatic carbocycles. The van der Waals surface area contributed by atoms with Crippen LogP contribution in [0.4, 0.5) is 5.69 Å². The van der Waals surface area contributed by atoms with Crippen molar-refractivity contribution < 1.29 is 4.79 Å². The molecule has 1 heterocycles. The van der Waals surface area contributed by atoms with Gasteiger partial charge in [-0.05, 0) is 18.1 Å². The van der Waals surface area contributed by atoms with Crippen molar-refractivity contribution in [3.05, 3.63) is 30.3 Å². The van der Waals surface area contributed by atoms with E-state index >= 15 is 0 Å². The van der Waals surface area contributed by atoms with E-state index in [1.807, 2.05) is 36.9 Å². The molecule has 0 radical (unpaired) electrons. The highest BCUT2D eigenvalue weighted by Crippen LogP contribution is 2.19. The molecule has 21 heavy (non-hydrogen) atoms. The molecule has 0 aliphatic carbocycles. The quantitative estimate of drug-likeness (QED) is 0.863. The number of benzene rings is 1. The summed E-state index contributed by atoms with van der Waals surface area (Å²) in [5, 5.41) is 0. The summed E-state index contributed by atoms with van der Waals surface area (Å²) in [4.78, 5) is 17.1. The van der Waals surface area contributed by atoms with Crippen LogP contribution in [0.5, 0.6) is 0 Å². The molecule has 114 valence electrons. The smallest absolute Gasteiger partial charge is 0.232 e. The monoisotopic (exact) mass is 305 g/mol. The number of piperazine rings is 1. The van der Waals surface area contributed by atoms with Crippen LogP contribution in [0.1, 0.15) is 13.8 Å². The Labute approximate surface area is 131 Å². The lowest BCUT2D eigenvalue weighted by Gasteiger charge is -2.38. The molecular formula is C16H23N3OS. The summed E-state index contributed by atoms with van der Waals surface area (Å²) in [6.07, 6.45) is 0. The fourth-order valence-electron chi connectivity index (χ4n) is 2.76. The number of para-hydroxylation sites is 1. The Bertz CT molecular complexity index is 496. The van der Waals surface area contributed by atoms with E-state index in [1.54, 1.807) is 0 Å². The van der Waals surface area contributed by atoms with E-state index < -0.39 is 0 Å². The first-order chi connectivity index (χ1) is 10.0. The normalized spacial score (nSPS) is 16.9. The van der Waals surface area contributed by atoms with Gasteiger partial charge in [0, 0.05) is 31.9 Å². The molecule has 5 heteroatoms. The highest BCUT2D eigenvalue weighted by molar-refractivity contribution is 7.80. The van der Waals surface area contributed by atoms with Crippen molar-refractivity contribution >= 4 is 28.8 Å². The number of nitrogens with two attached hydrogens (primary N) is 1. The molecule has 0 saturated carbocycles. The molecule has 0 bridgehead atoms. The number of carbonyl (C=O) groups is 1. The summed E-state index contributed by atoms with van der Waals surface area (Å²) in [6.45, 7) is 7.11. The maximum atomic E-state index is 12.6. The first-order valence-electron chi connectivity index (χ1n) is 7.39. The largest absolute Gasteiger partial charge is 0.393 e. The Morgan fingerprint density at radius 1 is 1.14 bits per heavy atom. The number of amides is 1. The van der Waals surface area contributed by atoms with Gasteiger partial charge in [0.05, 0.1) is 10.9 Å². The van der Waals surface area contributed by atoms with E-state index in [4.69, 9.17) is 18.0 Å². The van der Waals surface area contributed by atoms with E-state index in [1.165, 1.54) is 5.69 Å². The van der Waals surface area contributed by atoms with Crippen molar-refractivity contribution in [2.24, 2.45) is 17.6 Å². The fraction of sp³-hybridized carbons (Fsp3) is 0.500. The van der Waals surface area contributed by atoms with Crippen LogP contribution < -0.4 is 10.6 Å². The van der Waals surface area contributed by atoms with Crippen molar-refractivity contribution in [2.75, 3.05) is 31.1 Å². The zero-order valence-corrected chi connectivity index (χ0v) is 13.5. The molecule has 2 N–H and O–H groups in total. The van der Waals surface area contributed by atoms with Crippen LogP contribution in [0.15, 0.2) is 30.3 Å². The molecule has 1 aromatic rings. The van der Waals surface area contributed by atoms with Crippen LogP contribution in [0, 0.1) is 11.8 Å². The minimum Gasteiger partial charge on any atom is -0.393 e. The molecule has 1 aliphatic rings. The minimum atomic E-state index is -0.344. The number of thiocarbonyl (C=S) groups is 1. The Kier molecular flexibility index (Phi) is 5.17. The molecule has 1 fully saturated rings. The summed E-state index contributed by atoms with van der Waals surface area (Å²) in [5.74, 6) is -0.129. The average molecular weight is 305 g/mol. The first kappa shape index (κ1) is 15.8. The van der Waals surface area contributed by atoms with Crippen LogP contribution in [0.25, 0.3) is 0 Å². The second-order valence-electron chi connectivity index (χ2n) is 5.77. The Hall–Kier alpha value is -1.62. The van der Waals surface area contributed by atoms with Crippen LogP contribution in [-0.4, -0.2) is 42.0 Å². The third-order valence-corrected chi connectivity index (χ3v) is 4.21. The maximum Gasteiger partial charge on any atom is 0.232 e. The van der Waals surface area contributed by atoms with Gasteiger partial charge in [-0.3, -0.25) is 4.79 Å². The first-order valence-corrected chi connectivity index (χ1v) is 7.79. The van der Waals surface area contributed by atoms with Crippen molar-refractivity contribution in [2.45, 2.75) is 13.8 Å². The van der Waals surface area contributed by atoms with E-state index in [0.29, 0.717) is 4.99 Å². The Morgan fingerprint density at radius 3 is 2.19 bits per heavy atom. The summed E-state index contributed by atoms with van der Waals surface area (Å²) >= 11 is 5.06. The van der Waals surface area contributed by atoms with Gasteiger partial charge in [-0.1, -0.05) is 44.3 Å². The van der Waals surface area contributed by atoms with Crippen LogP contribution in [0.2, 0.25) is 0 Å². The number of anilines is 1. The number of rotatable bonds is 4. The van der Waals surface area contributed by atoms with Gasteiger partial charge in [-0.15, -0.1) is 0 Å². The lowest BCUT2D eigenvalue weighted by molar-refractivity contribution is -0.134. The van der Waals surface area contributed by atoms with Gasteiger partial charge in [-0.25, -0.2) is 0 Å². The maximum absolute atomic E-state index is 12.6. The third kappa shape index (κ3) is 3.73. The van der Waals surface area contributed by atoms with E-state index in [0.717, 1.165) is 26.2 Å². The number of carbonyl (C=O) groups excluding carboxylic acids is 1. The zero-order chi connectivity index (χ0) is 15.4. The lowest BCUT2D eigenvalue weighted by Crippen LogP contribution is -2.52. The molecule has 4 nitrogen and oxygen atoms in total. The van der Waals surface area contributed by atoms with Gasteiger partial charge >= 0.3 is 0 Å². The minimum absolute atomic E-state index is 0.0743. The molecule has 1 atom stereocenters. The number of hydrogen-bond acceptors (Lipinski definition) is 3. The second kappa shape index (κ2) is 6.89. The van der Waals surface area contributed by atoms with Gasteiger partial charge in [0.1, 0.15) is 0 Å². The molecule has 1 saturated heterocycles. The van der Waals surface area contributed by atoms with Crippen molar-refractivity contribution in [3.8, 4) is 0 Å². The van der Waals surface area contributed by atoms with Gasteiger partial charge in [0.15, 0.2) is 0 Å². The summed E-state index contributed by atoms with van der Waals surface area (Å²) < 4.78 is 0. The molecule has 1 amide bonds. The van der Waals surface area contributed by atoms with Crippen LogP contribution in [0.3, 0.4) is 0 Å². The average Bonchev–Trinajstić information content (AvgIpc) is 2.47. The zero-order valence-electron chi connectivity index (χ0n) is 12.7. The van der Waals surface area contributed by atoms with Crippen molar-refractivity contribution in [1.29, 1.82) is 0 Å². The highest BCUT2D eigenvalue weighted by atomic mass is 32.1. The van der Waals surface area contributed by atoms with Crippen LogP contribution >= 0.6 is 12.2 Å². The van der Waals surface area contributed by atoms with Crippen molar-refractivity contribution in [1.82, 2.24) is 4.90 Å². The molecular weight excluding hydrogens is 282 g/mol. The molecule has 0 aromatic heterocycles. The fourth-order valence-corrected chi connectivity index (χ4v) is 3.13. The van der Waals surface area contributed by atoms with Crippen LogP contribution in [-0.2, 0) is 4.79 Å². The number of nitrogens with zero attached hydrogens (tertiary/aromatic N) is 2. The predicted octanol–water partition coefficient (Wildman–Crippen LogP) is 1.89. The summed E-state index contributed by atoms with van der Waals surface area (Å²) in [7, 11) is 0. The highest BCUT2D eigenvalue weighted by Gasteiger charge is 2.31. The number of hydrogen-bond donors (Lipinski definition) is 1. The van der Waals surface area contributed by atoms with E-state index in [-0.39, 0.29) is 17.7 Å². The van der Waals surface area contributed by atoms with Gasteiger partial charge in [0.25, 0.3) is 0 Å². The summed E-state index contributed by atoms with van der Waals surface area (Å²) in [6, 6.07) is 10.3. The Morgan fingerprint density at radius 2 is 1.71 bits per heavy atom. The topological polar surface area (TPSA) is 49.6 Å². The molecule has 1 unspecified atom stereocenters. The van der Waals surface area contributed by atoms with Gasteiger partial charge in [0.2, 0.25) is 5.91 Å². The van der Waals surface area contributed by atoms with E-state index in [2.05, 4.69) is 17.0 Å². The second-order valence-corrected chi connectivity index (χ2v) is 6.24. The summed E-state index contributed by atoms with van der Waals surface area (Å²) in [5.41, 5.74) is 6.94.